The molecule has 2 atom stereocenters. The number of ether oxygens (including phenoxy) is 1. The van der Waals surface area contributed by atoms with Gasteiger partial charge in [0.15, 0.2) is 0 Å². The van der Waals surface area contributed by atoms with Crippen molar-refractivity contribution in [2.45, 2.75) is 19.4 Å². The van der Waals surface area contributed by atoms with E-state index < -0.39 is 0 Å². The summed E-state index contributed by atoms with van der Waals surface area (Å²) in [5, 5.41) is 3.33. The lowest BCUT2D eigenvalue weighted by atomic mass is 9.99. The largest absolute Gasteiger partial charge is 0.464 e. The first-order valence-corrected chi connectivity index (χ1v) is 8.42. The fraction of sp³-hybridized carbons (Fsp3) is 0.500. The summed E-state index contributed by atoms with van der Waals surface area (Å²) < 4.78 is 6.20. The van der Waals surface area contributed by atoms with E-state index >= 15 is 0 Å². The number of anilines is 1. The van der Waals surface area contributed by atoms with Gasteiger partial charge < -0.3 is 10.1 Å². The van der Waals surface area contributed by atoms with Gasteiger partial charge in [0.25, 0.3) is 0 Å². The van der Waals surface area contributed by atoms with E-state index in [1.807, 2.05) is 43.0 Å². The highest BCUT2D eigenvalue weighted by molar-refractivity contribution is 9.10. The maximum atomic E-state index is 12.1. The second-order valence-electron chi connectivity index (χ2n) is 4.51. The van der Waals surface area contributed by atoms with Gasteiger partial charge >= 0.3 is 5.97 Å². The van der Waals surface area contributed by atoms with E-state index in [-0.39, 0.29) is 12.0 Å². The Morgan fingerprint density at radius 2 is 2.47 bits per heavy atom. The number of hydrogen-bond acceptors (Lipinski definition) is 4. The first kappa shape index (κ1) is 14.7. The van der Waals surface area contributed by atoms with Crippen molar-refractivity contribution in [2.24, 2.45) is 5.92 Å². The number of carbonyl (C=O) groups is 1. The van der Waals surface area contributed by atoms with Crippen LogP contribution in [0.15, 0.2) is 28.7 Å². The number of benzene rings is 1. The minimum Gasteiger partial charge on any atom is -0.464 e. The summed E-state index contributed by atoms with van der Waals surface area (Å²) in [5.41, 5.74) is 0.948. The first-order chi connectivity index (χ1) is 9.20. The molecule has 104 valence electrons. The number of halogens is 1. The molecule has 1 aliphatic heterocycles. The molecule has 0 spiro atoms. The third kappa shape index (κ3) is 4.14. The van der Waals surface area contributed by atoms with Crippen molar-refractivity contribution < 1.29 is 9.53 Å². The second-order valence-corrected chi connectivity index (χ2v) is 6.57. The van der Waals surface area contributed by atoms with Crippen molar-refractivity contribution in [1.82, 2.24) is 0 Å². The molecule has 1 aromatic carbocycles. The van der Waals surface area contributed by atoms with E-state index in [1.165, 1.54) is 0 Å². The van der Waals surface area contributed by atoms with Gasteiger partial charge in [0.2, 0.25) is 0 Å². The van der Waals surface area contributed by atoms with Crippen LogP contribution >= 0.6 is 27.7 Å². The van der Waals surface area contributed by atoms with Gasteiger partial charge in [-0.15, -0.1) is 0 Å². The number of nitrogens with one attached hydrogen (secondary N) is 1. The van der Waals surface area contributed by atoms with Gasteiger partial charge in [-0.25, -0.2) is 4.79 Å². The van der Waals surface area contributed by atoms with Crippen LogP contribution in [0.5, 0.6) is 0 Å². The van der Waals surface area contributed by atoms with Crippen LogP contribution in [0, 0.1) is 5.92 Å². The number of hydrogen-bond donors (Lipinski definition) is 1. The zero-order valence-corrected chi connectivity index (χ0v) is 13.3. The number of esters is 1. The van der Waals surface area contributed by atoms with Gasteiger partial charge in [-0.2, -0.15) is 11.8 Å². The molecule has 0 radical (unpaired) electrons. The van der Waals surface area contributed by atoms with Crippen molar-refractivity contribution in [3.8, 4) is 0 Å². The highest BCUT2D eigenvalue weighted by Gasteiger charge is 2.32. The molecule has 3 nitrogen and oxygen atoms in total. The molecule has 0 aliphatic carbocycles. The third-order valence-electron chi connectivity index (χ3n) is 3.12. The van der Waals surface area contributed by atoms with Crippen molar-refractivity contribution >= 4 is 39.3 Å². The Kier molecular flexibility index (Phi) is 5.58. The summed E-state index contributed by atoms with van der Waals surface area (Å²) in [6, 6.07) is 7.63. The number of thioether (sulfide) groups is 1. The average molecular weight is 344 g/mol. The van der Waals surface area contributed by atoms with Crippen LogP contribution in [0.4, 0.5) is 5.69 Å². The lowest BCUT2D eigenvalue weighted by Crippen LogP contribution is -2.38. The molecule has 5 heteroatoms. The van der Waals surface area contributed by atoms with Crippen LogP contribution in [0.1, 0.15) is 13.3 Å². The summed E-state index contributed by atoms with van der Waals surface area (Å²) in [5.74, 6) is 2.35. The van der Waals surface area contributed by atoms with Gasteiger partial charge in [-0.1, -0.05) is 22.0 Å². The molecule has 1 heterocycles. The molecule has 1 N–H and O–H groups in total. The number of carbonyl (C=O) groups excluding carboxylic acids is 1. The summed E-state index contributed by atoms with van der Waals surface area (Å²) >= 11 is 5.35. The molecule has 19 heavy (non-hydrogen) atoms. The Morgan fingerprint density at radius 3 is 3.11 bits per heavy atom. The Balaban J connectivity index is 2.10. The summed E-state index contributed by atoms with van der Waals surface area (Å²) in [4.78, 5) is 12.1. The molecular formula is C14H18BrNO2S. The standard InChI is InChI=1S/C14H18BrNO2S/c1-2-18-14(17)13(10-6-7-19-9-10)16-12-5-3-4-11(15)8-12/h3-5,8,10,13,16H,2,6-7,9H2,1H3. The summed E-state index contributed by atoms with van der Waals surface area (Å²) in [6.45, 7) is 2.27. The highest BCUT2D eigenvalue weighted by Crippen LogP contribution is 2.29. The Bertz CT molecular complexity index is 435. The summed E-state index contributed by atoms with van der Waals surface area (Å²) in [7, 11) is 0. The monoisotopic (exact) mass is 343 g/mol. The average Bonchev–Trinajstić information content (AvgIpc) is 2.90. The Morgan fingerprint density at radius 1 is 1.63 bits per heavy atom. The van der Waals surface area contributed by atoms with E-state index in [4.69, 9.17) is 4.74 Å². The van der Waals surface area contributed by atoms with Crippen LogP contribution in [0.25, 0.3) is 0 Å². The third-order valence-corrected chi connectivity index (χ3v) is 4.81. The predicted molar refractivity (Wildman–Crippen MR) is 83.6 cm³/mol. The van der Waals surface area contributed by atoms with E-state index in [1.54, 1.807) is 0 Å². The van der Waals surface area contributed by atoms with Crippen LogP contribution in [-0.4, -0.2) is 30.1 Å². The first-order valence-electron chi connectivity index (χ1n) is 6.47. The quantitative estimate of drug-likeness (QED) is 0.829. The van der Waals surface area contributed by atoms with Crippen molar-refractivity contribution in [3.63, 3.8) is 0 Å². The molecule has 1 saturated heterocycles. The fourth-order valence-electron chi connectivity index (χ4n) is 2.17. The van der Waals surface area contributed by atoms with Crippen molar-refractivity contribution in [1.29, 1.82) is 0 Å². The predicted octanol–water partition coefficient (Wildman–Crippen LogP) is 3.55. The zero-order chi connectivity index (χ0) is 13.7. The van der Waals surface area contributed by atoms with E-state index in [0.29, 0.717) is 12.5 Å². The number of rotatable bonds is 5. The van der Waals surface area contributed by atoms with E-state index in [2.05, 4.69) is 21.2 Å². The molecule has 2 rings (SSSR count). The molecule has 1 fully saturated rings. The van der Waals surface area contributed by atoms with Gasteiger partial charge in [0, 0.05) is 10.2 Å². The molecule has 1 aromatic rings. The second kappa shape index (κ2) is 7.20. The normalized spacial score (nSPS) is 20.0. The topological polar surface area (TPSA) is 38.3 Å². The minimum absolute atomic E-state index is 0.144. The van der Waals surface area contributed by atoms with Gasteiger partial charge in [-0.05, 0) is 49.0 Å². The highest BCUT2D eigenvalue weighted by atomic mass is 79.9. The fourth-order valence-corrected chi connectivity index (χ4v) is 3.87. The summed E-state index contributed by atoms with van der Waals surface area (Å²) in [6.07, 6.45) is 1.06. The minimum atomic E-state index is -0.246. The van der Waals surface area contributed by atoms with Crippen molar-refractivity contribution in [2.75, 3.05) is 23.4 Å². The van der Waals surface area contributed by atoms with Crippen LogP contribution < -0.4 is 5.32 Å². The van der Waals surface area contributed by atoms with Gasteiger partial charge in [0.05, 0.1) is 6.61 Å². The molecule has 0 bridgehead atoms. The maximum absolute atomic E-state index is 12.1. The van der Waals surface area contributed by atoms with Crippen LogP contribution in [0.3, 0.4) is 0 Å². The molecular weight excluding hydrogens is 326 g/mol. The smallest absolute Gasteiger partial charge is 0.328 e. The lowest BCUT2D eigenvalue weighted by Gasteiger charge is -2.23. The van der Waals surface area contributed by atoms with Crippen LogP contribution in [0.2, 0.25) is 0 Å². The molecule has 1 aliphatic rings. The lowest BCUT2D eigenvalue weighted by molar-refractivity contribution is -0.145. The molecule has 0 saturated carbocycles. The molecule has 0 aromatic heterocycles. The van der Waals surface area contributed by atoms with E-state index in [9.17, 15) is 4.79 Å². The van der Waals surface area contributed by atoms with E-state index in [0.717, 1.165) is 28.1 Å². The zero-order valence-electron chi connectivity index (χ0n) is 10.9. The molecule has 2 unspecified atom stereocenters. The van der Waals surface area contributed by atoms with Gasteiger partial charge in [-0.3, -0.25) is 0 Å². The maximum Gasteiger partial charge on any atom is 0.328 e. The molecule has 0 amide bonds. The van der Waals surface area contributed by atoms with Crippen molar-refractivity contribution in [3.05, 3.63) is 28.7 Å². The van der Waals surface area contributed by atoms with Gasteiger partial charge in [0.1, 0.15) is 6.04 Å². The van der Waals surface area contributed by atoms with Crippen LogP contribution in [-0.2, 0) is 9.53 Å². The Hall–Kier alpha value is -0.680. The Labute approximate surface area is 126 Å². The SMILES string of the molecule is CCOC(=O)C(Nc1cccc(Br)c1)C1CCSC1.